The van der Waals surface area contributed by atoms with Crippen LogP contribution < -0.4 is 10.9 Å². The topological polar surface area (TPSA) is 98.5 Å². The van der Waals surface area contributed by atoms with Crippen LogP contribution in [0.15, 0.2) is 83.6 Å². The van der Waals surface area contributed by atoms with E-state index in [0.29, 0.717) is 22.5 Å². The Morgan fingerprint density at radius 3 is 2.56 bits per heavy atom. The van der Waals surface area contributed by atoms with Crippen molar-refractivity contribution in [2.75, 3.05) is 5.32 Å². The number of anilines is 1. The third kappa shape index (κ3) is 3.79. The largest absolute Gasteiger partial charge is 0.360 e. The van der Waals surface area contributed by atoms with E-state index in [1.165, 1.54) is 17.7 Å². The van der Waals surface area contributed by atoms with E-state index in [-0.39, 0.29) is 11.6 Å². The number of aromatic nitrogens is 6. The first kappa shape index (κ1) is 22.0. The molecule has 0 spiro atoms. The lowest BCUT2D eigenvalue weighted by Crippen LogP contribution is -2.26. The molecule has 0 aliphatic carbocycles. The molecule has 36 heavy (non-hydrogen) atoms. The average Bonchev–Trinajstić information content (AvgIpc) is 3.39. The Kier molecular flexibility index (Phi) is 5.46. The number of fused-ring (bicyclic) bond motifs is 2. The van der Waals surface area contributed by atoms with Gasteiger partial charge in [0.25, 0.3) is 5.56 Å². The second-order valence-corrected chi connectivity index (χ2v) is 9.26. The fourth-order valence-electron chi connectivity index (χ4n) is 4.40. The van der Waals surface area contributed by atoms with Crippen LogP contribution in [0.3, 0.4) is 0 Å². The van der Waals surface area contributed by atoms with Gasteiger partial charge in [-0.15, -0.1) is 11.3 Å². The van der Waals surface area contributed by atoms with Gasteiger partial charge in [-0.3, -0.25) is 9.36 Å². The van der Waals surface area contributed by atoms with Crippen molar-refractivity contribution >= 4 is 38.3 Å². The molecule has 6 aromatic rings. The van der Waals surface area contributed by atoms with Crippen LogP contribution in [0.5, 0.6) is 0 Å². The highest BCUT2D eigenvalue weighted by Gasteiger charge is 2.20. The van der Waals surface area contributed by atoms with E-state index >= 15 is 0 Å². The maximum absolute atomic E-state index is 14.2. The summed E-state index contributed by atoms with van der Waals surface area (Å²) >= 11 is 1.46. The molecular weight excluding hydrogens is 470 g/mol. The van der Waals surface area contributed by atoms with Gasteiger partial charge >= 0.3 is 0 Å². The predicted octanol–water partition coefficient (Wildman–Crippen LogP) is 5.33. The third-order valence-corrected chi connectivity index (χ3v) is 6.85. The fraction of sp³-hybridized carbons (Fsp3) is 0.111. The minimum Gasteiger partial charge on any atom is -0.360 e. The van der Waals surface area contributed by atoms with Gasteiger partial charge in [-0.25, -0.2) is 24.9 Å². The summed E-state index contributed by atoms with van der Waals surface area (Å²) in [4.78, 5) is 36.8. The number of benzene rings is 2. The van der Waals surface area contributed by atoms with Crippen molar-refractivity contribution in [3.8, 4) is 16.8 Å². The highest BCUT2D eigenvalue weighted by molar-refractivity contribution is 7.16. The summed E-state index contributed by atoms with van der Waals surface area (Å²) in [5.74, 6) is 1.31. The molecule has 9 heteroatoms. The number of thiazole rings is 1. The number of nitrogens with one attached hydrogen (secondary N) is 1. The van der Waals surface area contributed by atoms with Crippen LogP contribution in [-0.2, 0) is 0 Å². The summed E-state index contributed by atoms with van der Waals surface area (Å²) in [5, 5.41) is 4.92. The SMILES string of the molecule is Cc1ncc(-c2cccc3cc(C(C)Nc4ncnc5scnc45)n(-c4ccccc4)c(=O)c23)cn1. The van der Waals surface area contributed by atoms with E-state index in [1.807, 2.05) is 62.4 Å². The van der Waals surface area contributed by atoms with Crippen LogP contribution in [0.25, 0.3) is 37.9 Å². The normalized spacial score (nSPS) is 12.2. The van der Waals surface area contributed by atoms with Crippen molar-refractivity contribution in [2.24, 2.45) is 0 Å². The second-order valence-electron chi connectivity index (χ2n) is 8.43. The monoisotopic (exact) mass is 491 g/mol. The van der Waals surface area contributed by atoms with Gasteiger partial charge in [-0.05, 0) is 43.0 Å². The molecule has 0 aliphatic rings. The van der Waals surface area contributed by atoms with Gasteiger partial charge in [0.15, 0.2) is 5.82 Å². The van der Waals surface area contributed by atoms with Crippen LogP contribution >= 0.6 is 11.3 Å². The van der Waals surface area contributed by atoms with Gasteiger partial charge in [0.1, 0.15) is 22.5 Å². The Labute approximate surface area is 210 Å². The Balaban J connectivity index is 1.57. The summed E-state index contributed by atoms with van der Waals surface area (Å²) in [6, 6.07) is 17.3. The standard InChI is InChI=1S/C27H21N7OS/c1-16(33-25-24-26(31-14-30-25)36-15-32-24)22-11-18-7-6-10-21(19-12-28-17(2)29-13-19)23(18)27(35)34(22)20-8-4-3-5-9-20/h3-16H,1-2H3,(H,30,31,33). The predicted molar refractivity (Wildman–Crippen MR) is 143 cm³/mol. The van der Waals surface area contributed by atoms with Crippen molar-refractivity contribution in [2.45, 2.75) is 19.9 Å². The molecule has 0 fully saturated rings. The maximum Gasteiger partial charge on any atom is 0.263 e. The lowest BCUT2D eigenvalue weighted by molar-refractivity contribution is 0.774. The molecule has 1 unspecified atom stereocenters. The Morgan fingerprint density at radius 2 is 1.75 bits per heavy atom. The van der Waals surface area contributed by atoms with Crippen LogP contribution in [0.2, 0.25) is 0 Å². The minimum atomic E-state index is -0.256. The van der Waals surface area contributed by atoms with Gasteiger partial charge < -0.3 is 5.32 Å². The Hall–Kier alpha value is -4.50. The molecule has 2 aromatic carbocycles. The van der Waals surface area contributed by atoms with Crippen molar-refractivity contribution in [3.05, 3.63) is 101 Å². The molecule has 0 bridgehead atoms. The number of pyridine rings is 1. The Bertz CT molecular complexity index is 1760. The van der Waals surface area contributed by atoms with Gasteiger partial charge in [0.2, 0.25) is 0 Å². The first-order chi connectivity index (χ1) is 17.6. The fourth-order valence-corrected chi connectivity index (χ4v) is 5.02. The molecule has 0 saturated carbocycles. The molecule has 0 radical (unpaired) electrons. The summed E-state index contributed by atoms with van der Waals surface area (Å²) in [6.45, 7) is 3.85. The van der Waals surface area contributed by atoms with Crippen LogP contribution in [-0.4, -0.2) is 29.5 Å². The number of nitrogens with zero attached hydrogens (tertiary/aromatic N) is 6. The van der Waals surface area contributed by atoms with E-state index in [4.69, 9.17) is 0 Å². The number of hydrogen-bond donors (Lipinski definition) is 1. The van der Waals surface area contributed by atoms with Crippen LogP contribution in [0.1, 0.15) is 24.5 Å². The number of para-hydroxylation sites is 1. The zero-order chi connectivity index (χ0) is 24.6. The molecule has 0 aliphatic heterocycles. The van der Waals surface area contributed by atoms with Gasteiger partial charge in [0.05, 0.1) is 16.9 Å². The summed E-state index contributed by atoms with van der Waals surface area (Å²) in [5.41, 5.74) is 5.54. The quantitative estimate of drug-likeness (QED) is 0.348. The molecule has 1 atom stereocenters. The van der Waals surface area contributed by atoms with E-state index in [2.05, 4.69) is 36.3 Å². The van der Waals surface area contributed by atoms with Crippen LogP contribution in [0, 0.1) is 6.92 Å². The van der Waals surface area contributed by atoms with E-state index in [0.717, 1.165) is 32.7 Å². The molecule has 1 N–H and O–H groups in total. The molecule has 4 aromatic heterocycles. The van der Waals surface area contributed by atoms with E-state index in [9.17, 15) is 4.79 Å². The molecule has 0 amide bonds. The molecule has 176 valence electrons. The second kappa shape index (κ2) is 8.94. The number of aryl methyl sites for hydroxylation is 1. The highest BCUT2D eigenvalue weighted by atomic mass is 32.1. The van der Waals surface area contributed by atoms with Gasteiger partial charge in [-0.1, -0.05) is 36.4 Å². The number of rotatable bonds is 5. The molecule has 4 heterocycles. The maximum atomic E-state index is 14.2. The third-order valence-electron chi connectivity index (χ3n) is 6.11. The first-order valence-electron chi connectivity index (χ1n) is 11.4. The number of hydrogen-bond acceptors (Lipinski definition) is 8. The van der Waals surface area contributed by atoms with E-state index in [1.54, 1.807) is 22.5 Å². The summed E-state index contributed by atoms with van der Waals surface area (Å²) in [7, 11) is 0. The molecular formula is C27H21N7OS. The average molecular weight is 492 g/mol. The van der Waals surface area contributed by atoms with Crippen molar-refractivity contribution in [3.63, 3.8) is 0 Å². The summed E-state index contributed by atoms with van der Waals surface area (Å²) < 4.78 is 1.76. The van der Waals surface area contributed by atoms with Crippen molar-refractivity contribution in [1.29, 1.82) is 0 Å². The lowest BCUT2D eigenvalue weighted by atomic mass is 9.99. The Morgan fingerprint density at radius 1 is 0.944 bits per heavy atom. The lowest BCUT2D eigenvalue weighted by Gasteiger charge is -2.22. The van der Waals surface area contributed by atoms with Crippen molar-refractivity contribution in [1.82, 2.24) is 29.5 Å². The zero-order valence-corrected chi connectivity index (χ0v) is 20.4. The van der Waals surface area contributed by atoms with Gasteiger partial charge in [-0.2, -0.15) is 0 Å². The van der Waals surface area contributed by atoms with Crippen molar-refractivity contribution < 1.29 is 0 Å². The minimum absolute atomic E-state index is 0.111. The smallest absolute Gasteiger partial charge is 0.263 e. The molecule has 6 rings (SSSR count). The van der Waals surface area contributed by atoms with Crippen LogP contribution in [0.4, 0.5) is 5.82 Å². The van der Waals surface area contributed by atoms with E-state index < -0.39 is 0 Å². The summed E-state index contributed by atoms with van der Waals surface area (Å²) in [6.07, 6.45) is 5.04. The molecule has 8 nitrogen and oxygen atoms in total. The zero-order valence-electron chi connectivity index (χ0n) is 19.6. The molecule has 0 saturated heterocycles. The first-order valence-corrected chi connectivity index (χ1v) is 12.3. The van der Waals surface area contributed by atoms with Gasteiger partial charge in [0, 0.05) is 29.3 Å². The highest BCUT2D eigenvalue weighted by Crippen LogP contribution is 2.30.